The van der Waals surface area contributed by atoms with Gasteiger partial charge in [0.05, 0.1) is 0 Å². The minimum absolute atomic E-state index is 0.416. The topological polar surface area (TPSA) is 37.8 Å². The van der Waals surface area contributed by atoms with Crippen LogP contribution in [-0.4, -0.2) is 22.6 Å². The summed E-state index contributed by atoms with van der Waals surface area (Å²) in [4.78, 5) is 8.59. The number of nitrogens with one attached hydrogen (secondary N) is 1. The van der Waals surface area contributed by atoms with E-state index in [1.807, 2.05) is 36.8 Å². The average Bonchev–Trinajstić information content (AvgIpc) is 2.47. The summed E-state index contributed by atoms with van der Waals surface area (Å²) in [5.41, 5.74) is 2.41. The monoisotopic (exact) mass is 255 g/mol. The van der Waals surface area contributed by atoms with Gasteiger partial charge in [0.2, 0.25) is 0 Å². The van der Waals surface area contributed by atoms with Crippen LogP contribution < -0.4 is 5.32 Å². The van der Waals surface area contributed by atoms with E-state index in [0.717, 1.165) is 31.5 Å². The Morgan fingerprint density at radius 2 is 2.05 bits per heavy atom. The lowest BCUT2D eigenvalue weighted by Gasteiger charge is -2.18. The Morgan fingerprint density at radius 3 is 2.74 bits per heavy atom. The van der Waals surface area contributed by atoms with Crippen LogP contribution in [0.15, 0.2) is 48.9 Å². The zero-order chi connectivity index (χ0) is 13.3. The zero-order valence-corrected chi connectivity index (χ0v) is 11.4. The highest BCUT2D eigenvalue weighted by Gasteiger charge is 2.10. The number of aromatic nitrogens is 2. The highest BCUT2D eigenvalue weighted by molar-refractivity contribution is 5.12. The lowest BCUT2D eigenvalue weighted by molar-refractivity contribution is 0.500. The van der Waals surface area contributed by atoms with Crippen molar-refractivity contribution >= 4 is 0 Å². The van der Waals surface area contributed by atoms with Gasteiger partial charge in [0.25, 0.3) is 0 Å². The molecule has 2 aromatic rings. The van der Waals surface area contributed by atoms with E-state index in [-0.39, 0.29) is 0 Å². The molecule has 0 saturated carbocycles. The van der Waals surface area contributed by atoms with Crippen molar-refractivity contribution in [2.75, 3.05) is 6.54 Å². The molecule has 2 aromatic heterocycles. The van der Waals surface area contributed by atoms with Crippen LogP contribution in [0.25, 0.3) is 0 Å². The Hall–Kier alpha value is -1.74. The van der Waals surface area contributed by atoms with Crippen molar-refractivity contribution in [1.29, 1.82) is 0 Å². The molecule has 100 valence electrons. The predicted octanol–water partition coefficient (Wildman–Crippen LogP) is 2.63. The van der Waals surface area contributed by atoms with Crippen molar-refractivity contribution in [3.8, 4) is 0 Å². The van der Waals surface area contributed by atoms with Crippen LogP contribution in [0.3, 0.4) is 0 Å². The molecule has 19 heavy (non-hydrogen) atoms. The molecule has 1 N–H and O–H groups in total. The molecule has 0 aliphatic carbocycles. The van der Waals surface area contributed by atoms with Crippen molar-refractivity contribution in [2.45, 2.75) is 32.2 Å². The third kappa shape index (κ3) is 4.79. The molecule has 0 radical (unpaired) electrons. The zero-order valence-electron chi connectivity index (χ0n) is 11.4. The summed E-state index contributed by atoms with van der Waals surface area (Å²) in [6.45, 7) is 3.23. The second kappa shape index (κ2) is 7.64. The molecule has 0 bridgehead atoms. The first-order valence-electron chi connectivity index (χ1n) is 6.90. The second-order valence-electron chi connectivity index (χ2n) is 4.74. The maximum absolute atomic E-state index is 4.41. The Balaban J connectivity index is 1.99. The van der Waals surface area contributed by atoms with Gasteiger partial charge in [-0.25, -0.2) is 0 Å². The quantitative estimate of drug-likeness (QED) is 0.826. The van der Waals surface area contributed by atoms with E-state index < -0.39 is 0 Å². The predicted molar refractivity (Wildman–Crippen MR) is 78.0 cm³/mol. The van der Waals surface area contributed by atoms with Crippen LogP contribution in [0.2, 0.25) is 0 Å². The number of pyridine rings is 2. The van der Waals surface area contributed by atoms with E-state index in [9.17, 15) is 0 Å². The lowest BCUT2D eigenvalue weighted by atomic mass is 10.0. The maximum atomic E-state index is 4.41. The molecule has 0 amide bonds. The normalized spacial score (nSPS) is 12.3. The largest absolute Gasteiger partial charge is 0.313 e. The highest BCUT2D eigenvalue weighted by atomic mass is 14.9. The van der Waals surface area contributed by atoms with E-state index >= 15 is 0 Å². The third-order valence-corrected chi connectivity index (χ3v) is 3.07. The van der Waals surface area contributed by atoms with Gasteiger partial charge >= 0.3 is 0 Å². The molecule has 1 atom stereocenters. The van der Waals surface area contributed by atoms with Gasteiger partial charge in [-0.05, 0) is 43.1 Å². The summed E-state index contributed by atoms with van der Waals surface area (Å²) >= 11 is 0. The molecule has 3 heteroatoms. The fraction of sp³-hybridized carbons (Fsp3) is 0.375. The van der Waals surface area contributed by atoms with E-state index in [1.165, 1.54) is 5.56 Å². The SMILES string of the molecule is CCCNC(Cc1cccnc1)Cc1ccccn1. The van der Waals surface area contributed by atoms with E-state index in [2.05, 4.69) is 34.3 Å². The van der Waals surface area contributed by atoms with Crippen LogP contribution in [0.4, 0.5) is 0 Å². The fourth-order valence-electron chi connectivity index (χ4n) is 2.14. The van der Waals surface area contributed by atoms with E-state index in [1.54, 1.807) is 0 Å². The number of nitrogens with zero attached hydrogens (tertiary/aromatic N) is 2. The minimum Gasteiger partial charge on any atom is -0.313 e. The molecule has 0 aromatic carbocycles. The first kappa shape index (κ1) is 13.7. The van der Waals surface area contributed by atoms with Crippen LogP contribution in [0.5, 0.6) is 0 Å². The number of hydrogen-bond acceptors (Lipinski definition) is 3. The lowest BCUT2D eigenvalue weighted by Crippen LogP contribution is -2.34. The van der Waals surface area contributed by atoms with Crippen molar-refractivity contribution < 1.29 is 0 Å². The molecular weight excluding hydrogens is 234 g/mol. The van der Waals surface area contributed by atoms with E-state index in [0.29, 0.717) is 6.04 Å². The van der Waals surface area contributed by atoms with Crippen LogP contribution in [0.1, 0.15) is 24.6 Å². The molecule has 0 aliphatic heterocycles. The highest BCUT2D eigenvalue weighted by Crippen LogP contribution is 2.07. The Kier molecular flexibility index (Phi) is 5.50. The number of rotatable bonds is 7. The van der Waals surface area contributed by atoms with Crippen molar-refractivity contribution in [3.05, 3.63) is 60.2 Å². The van der Waals surface area contributed by atoms with E-state index in [4.69, 9.17) is 0 Å². The van der Waals surface area contributed by atoms with Crippen LogP contribution in [0, 0.1) is 0 Å². The van der Waals surface area contributed by atoms with Gasteiger partial charge in [-0.15, -0.1) is 0 Å². The second-order valence-corrected chi connectivity index (χ2v) is 4.74. The van der Waals surface area contributed by atoms with Crippen molar-refractivity contribution in [1.82, 2.24) is 15.3 Å². The molecule has 2 heterocycles. The molecule has 0 aliphatic rings. The van der Waals surface area contributed by atoms with Gasteiger partial charge in [0, 0.05) is 36.7 Å². The summed E-state index contributed by atoms with van der Waals surface area (Å²) in [7, 11) is 0. The Labute approximate surface area is 115 Å². The fourth-order valence-corrected chi connectivity index (χ4v) is 2.14. The van der Waals surface area contributed by atoms with Crippen LogP contribution >= 0.6 is 0 Å². The summed E-state index contributed by atoms with van der Waals surface area (Å²) < 4.78 is 0. The van der Waals surface area contributed by atoms with Crippen molar-refractivity contribution in [3.63, 3.8) is 0 Å². The minimum atomic E-state index is 0.416. The van der Waals surface area contributed by atoms with Gasteiger partial charge < -0.3 is 5.32 Å². The molecule has 0 saturated heterocycles. The third-order valence-electron chi connectivity index (χ3n) is 3.07. The molecule has 3 nitrogen and oxygen atoms in total. The molecule has 1 unspecified atom stereocenters. The van der Waals surface area contributed by atoms with Gasteiger partial charge in [-0.3, -0.25) is 9.97 Å². The molecule has 0 spiro atoms. The van der Waals surface area contributed by atoms with Gasteiger partial charge in [-0.1, -0.05) is 19.1 Å². The van der Waals surface area contributed by atoms with Gasteiger partial charge in [-0.2, -0.15) is 0 Å². The van der Waals surface area contributed by atoms with Crippen LogP contribution in [-0.2, 0) is 12.8 Å². The molecular formula is C16H21N3. The summed E-state index contributed by atoms with van der Waals surface area (Å²) in [6, 6.07) is 10.6. The molecule has 0 fully saturated rings. The summed E-state index contributed by atoms with van der Waals surface area (Å²) in [5.74, 6) is 0. The standard InChI is InChI=1S/C16H21N3/c1-2-8-18-16(11-14-6-5-9-17-13-14)12-15-7-3-4-10-19-15/h3-7,9-10,13,16,18H,2,8,11-12H2,1H3. The summed E-state index contributed by atoms with van der Waals surface area (Å²) in [5, 5.41) is 3.60. The Bertz CT molecular complexity index is 414. The average molecular weight is 255 g/mol. The maximum Gasteiger partial charge on any atom is 0.0419 e. The number of hydrogen-bond donors (Lipinski definition) is 1. The summed E-state index contributed by atoms with van der Waals surface area (Å²) in [6.07, 6.45) is 8.71. The molecule has 2 rings (SSSR count). The Morgan fingerprint density at radius 1 is 1.11 bits per heavy atom. The van der Waals surface area contributed by atoms with Crippen molar-refractivity contribution in [2.24, 2.45) is 0 Å². The van der Waals surface area contributed by atoms with Gasteiger partial charge in [0.1, 0.15) is 0 Å². The van der Waals surface area contributed by atoms with Gasteiger partial charge in [0.15, 0.2) is 0 Å². The first-order valence-corrected chi connectivity index (χ1v) is 6.90. The first-order chi connectivity index (χ1) is 9.38. The smallest absolute Gasteiger partial charge is 0.0419 e.